The number of halogens is 1. The van der Waals surface area contributed by atoms with E-state index in [2.05, 4.69) is 35.4 Å². The van der Waals surface area contributed by atoms with Crippen LogP contribution in [0.15, 0.2) is 23.2 Å². The minimum absolute atomic E-state index is 0. The first-order valence-electron chi connectivity index (χ1n) is 7.44. The van der Waals surface area contributed by atoms with Gasteiger partial charge in [0, 0.05) is 19.2 Å². The molecule has 0 spiro atoms. The van der Waals surface area contributed by atoms with Crippen LogP contribution in [0.5, 0.6) is 5.75 Å². The van der Waals surface area contributed by atoms with E-state index in [1.165, 1.54) is 18.4 Å². The SMILES string of the molecule is COCCNC(N)=NCc1ccc(C)cc1OCC1CC1.I. The smallest absolute Gasteiger partial charge is 0.189 e. The Bertz CT molecular complexity index is 490. The van der Waals surface area contributed by atoms with E-state index < -0.39 is 0 Å². The van der Waals surface area contributed by atoms with Crippen LogP contribution in [-0.2, 0) is 11.3 Å². The third kappa shape index (κ3) is 6.83. The van der Waals surface area contributed by atoms with Gasteiger partial charge >= 0.3 is 0 Å². The van der Waals surface area contributed by atoms with Gasteiger partial charge in [0.2, 0.25) is 0 Å². The first-order valence-corrected chi connectivity index (χ1v) is 7.44. The molecule has 5 nitrogen and oxygen atoms in total. The Labute approximate surface area is 149 Å². The number of rotatable bonds is 8. The molecule has 0 aliphatic heterocycles. The number of guanidine groups is 1. The molecular formula is C16H26IN3O2. The van der Waals surface area contributed by atoms with Crippen molar-refractivity contribution in [3.05, 3.63) is 29.3 Å². The van der Waals surface area contributed by atoms with E-state index in [1.807, 2.05) is 0 Å². The number of nitrogens with two attached hydrogens (primary N) is 1. The van der Waals surface area contributed by atoms with Gasteiger partial charge in [0.05, 0.1) is 19.8 Å². The molecule has 0 heterocycles. The zero-order valence-electron chi connectivity index (χ0n) is 13.3. The van der Waals surface area contributed by atoms with Crippen LogP contribution in [0.4, 0.5) is 0 Å². The summed E-state index contributed by atoms with van der Waals surface area (Å²) in [7, 11) is 1.66. The Kier molecular flexibility index (Phi) is 8.55. The summed E-state index contributed by atoms with van der Waals surface area (Å²) >= 11 is 0. The van der Waals surface area contributed by atoms with Gasteiger partial charge in [-0.1, -0.05) is 12.1 Å². The summed E-state index contributed by atoms with van der Waals surface area (Å²) < 4.78 is 10.9. The average molecular weight is 419 g/mol. The number of aryl methyl sites for hydroxylation is 1. The van der Waals surface area contributed by atoms with Gasteiger partial charge < -0.3 is 20.5 Å². The molecule has 0 atom stereocenters. The molecule has 1 aliphatic rings. The molecule has 0 radical (unpaired) electrons. The fraction of sp³-hybridized carbons (Fsp3) is 0.562. The summed E-state index contributed by atoms with van der Waals surface area (Å²) in [5.41, 5.74) is 8.08. The fourth-order valence-electron chi connectivity index (χ4n) is 1.93. The van der Waals surface area contributed by atoms with Gasteiger partial charge in [-0.25, -0.2) is 4.99 Å². The van der Waals surface area contributed by atoms with E-state index in [9.17, 15) is 0 Å². The highest BCUT2D eigenvalue weighted by Gasteiger charge is 2.22. The molecule has 1 fully saturated rings. The summed E-state index contributed by atoms with van der Waals surface area (Å²) in [6.07, 6.45) is 2.57. The number of aliphatic imine (C=N–C) groups is 1. The lowest BCUT2D eigenvalue weighted by Crippen LogP contribution is -2.34. The highest BCUT2D eigenvalue weighted by molar-refractivity contribution is 14.0. The van der Waals surface area contributed by atoms with Crippen molar-refractivity contribution in [3.63, 3.8) is 0 Å². The van der Waals surface area contributed by atoms with Gasteiger partial charge in [-0.15, -0.1) is 24.0 Å². The Morgan fingerprint density at radius 2 is 2.18 bits per heavy atom. The maximum absolute atomic E-state index is 5.92. The Morgan fingerprint density at radius 1 is 1.41 bits per heavy atom. The molecule has 0 unspecified atom stereocenters. The Hall–Kier alpha value is -1.02. The number of hydrogen-bond acceptors (Lipinski definition) is 3. The monoisotopic (exact) mass is 419 g/mol. The number of nitrogens with one attached hydrogen (secondary N) is 1. The topological polar surface area (TPSA) is 68.9 Å². The van der Waals surface area contributed by atoms with Crippen molar-refractivity contribution in [2.75, 3.05) is 26.9 Å². The van der Waals surface area contributed by atoms with Gasteiger partial charge in [-0.3, -0.25) is 0 Å². The van der Waals surface area contributed by atoms with Crippen molar-refractivity contribution in [1.29, 1.82) is 0 Å². The predicted octanol–water partition coefficient (Wildman–Crippen LogP) is 2.45. The van der Waals surface area contributed by atoms with Crippen LogP contribution in [0.2, 0.25) is 0 Å². The molecule has 0 amide bonds. The third-order valence-electron chi connectivity index (χ3n) is 3.43. The standard InChI is InChI=1S/C16H25N3O2.HI/c1-12-3-6-14(10-19-16(17)18-7-8-20-2)15(9-12)21-11-13-4-5-13;/h3,6,9,13H,4-5,7-8,10-11H2,1-2H3,(H3,17,18,19);1H. The maximum atomic E-state index is 5.92. The van der Waals surface area contributed by atoms with E-state index in [1.54, 1.807) is 7.11 Å². The van der Waals surface area contributed by atoms with E-state index >= 15 is 0 Å². The summed E-state index contributed by atoms with van der Waals surface area (Å²) in [5, 5.41) is 3.01. The largest absolute Gasteiger partial charge is 0.493 e. The molecule has 1 saturated carbocycles. The molecule has 1 aromatic rings. The van der Waals surface area contributed by atoms with Gasteiger partial charge in [0.15, 0.2) is 5.96 Å². The van der Waals surface area contributed by atoms with Gasteiger partial charge in [0.1, 0.15) is 5.75 Å². The molecule has 6 heteroatoms. The molecule has 2 rings (SSSR count). The second-order valence-corrected chi connectivity index (χ2v) is 5.49. The number of methoxy groups -OCH3 is 1. The van der Waals surface area contributed by atoms with Crippen LogP contribution in [0.25, 0.3) is 0 Å². The molecule has 1 aromatic carbocycles. The second kappa shape index (κ2) is 9.89. The summed E-state index contributed by atoms with van der Waals surface area (Å²) in [6, 6.07) is 6.20. The van der Waals surface area contributed by atoms with Crippen molar-refractivity contribution in [2.24, 2.45) is 16.6 Å². The number of nitrogens with zero attached hydrogens (tertiary/aromatic N) is 1. The van der Waals surface area contributed by atoms with Gasteiger partial charge in [0.25, 0.3) is 0 Å². The van der Waals surface area contributed by atoms with Crippen LogP contribution in [0.3, 0.4) is 0 Å². The molecular weight excluding hydrogens is 393 g/mol. The van der Waals surface area contributed by atoms with Crippen LogP contribution in [-0.4, -0.2) is 32.8 Å². The number of benzene rings is 1. The number of hydrogen-bond donors (Lipinski definition) is 2. The molecule has 1 aliphatic carbocycles. The van der Waals surface area contributed by atoms with Gasteiger partial charge in [-0.2, -0.15) is 0 Å². The molecule has 0 bridgehead atoms. The van der Waals surface area contributed by atoms with Crippen molar-refractivity contribution in [2.45, 2.75) is 26.3 Å². The van der Waals surface area contributed by atoms with Crippen LogP contribution >= 0.6 is 24.0 Å². The van der Waals surface area contributed by atoms with Crippen LogP contribution in [0.1, 0.15) is 24.0 Å². The molecule has 22 heavy (non-hydrogen) atoms. The summed E-state index contributed by atoms with van der Waals surface area (Å²) in [6.45, 7) is 4.66. The van der Waals surface area contributed by atoms with Crippen LogP contribution in [0, 0.1) is 12.8 Å². The lowest BCUT2D eigenvalue weighted by atomic mass is 10.1. The van der Waals surface area contributed by atoms with E-state index in [0.29, 0.717) is 25.7 Å². The lowest BCUT2D eigenvalue weighted by Gasteiger charge is -2.11. The highest BCUT2D eigenvalue weighted by atomic mass is 127. The Morgan fingerprint density at radius 3 is 2.86 bits per heavy atom. The first kappa shape index (κ1) is 19.0. The highest BCUT2D eigenvalue weighted by Crippen LogP contribution is 2.30. The minimum Gasteiger partial charge on any atom is -0.493 e. The first-order chi connectivity index (χ1) is 10.2. The average Bonchev–Trinajstić information content (AvgIpc) is 3.28. The van der Waals surface area contributed by atoms with Crippen LogP contribution < -0.4 is 15.8 Å². The summed E-state index contributed by atoms with van der Waals surface area (Å²) in [5.74, 6) is 2.10. The second-order valence-electron chi connectivity index (χ2n) is 5.49. The lowest BCUT2D eigenvalue weighted by molar-refractivity contribution is 0.204. The zero-order chi connectivity index (χ0) is 15.1. The maximum Gasteiger partial charge on any atom is 0.189 e. The van der Waals surface area contributed by atoms with E-state index in [0.717, 1.165) is 23.8 Å². The van der Waals surface area contributed by atoms with Gasteiger partial charge in [-0.05, 0) is 37.3 Å². The number of ether oxygens (including phenoxy) is 2. The Balaban J connectivity index is 0.00000242. The quantitative estimate of drug-likeness (QED) is 0.294. The van der Waals surface area contributed by atoms with Crippen molar-refractivity contribution >= 4 is 29.9 Å². The molecule has 0 saturated heterocycles. The van der Waals surface area contributed by atoms with Crippen molar-refractivity contribution in [3.8, 4) is 5.75 Å². The normalized spacial score (nSPS) is 14.4. The molecule has 3 N–H and O–H groups in total. The van der Waals surface area contributed by atoms with Crippen molar-refractivity contribution < 1.29 is 9.47 Å². The molecule has 0 aromatic heterocycles. The minimum atomic E-state index is 0. The van der Waals surface area contributed by atoms with E-state index in [-0.39, 0.29) is 24.0 Å². The summed E-state index contributed by atoms with van der Waals surface area (Å²) in [4.78, 5) is 4.35. The fourth-order valence-corrected chi connectivity index (χ4v) is 1.93. The zero-order valence-corrected chi connectivity index (χ0v) is 15.6. The van der Waals surface area contributed by atoms with Crippen molar-refractivity contribution in [1.82, 2.24) is 5.32 Å². The predicted molar refractivity (Wildman–Crippen MR) is 100 cm³/mol. The van der Waals surface area contributed by atoms with E-state index in [4.69, 9.17) is 15.2 Å². The third-order valence-corrected chi connectivity index (χ3v) is 3.43. The molecule has 124 valence electrons.